The van der Waals surface area contributed by atoms with Crippen molar-refractivity contribution in [1.29, 1.82) is 0 Å². The third-order valence-electron chi connectivity index (χ3n) is 3.73. The van der Waals surface area contributed by atoms with Crippen LogP contribution in [0.5, 0.6) is 0 Å². The van der Waals surface area contributed by atoms with Crippen LogP contribution in [-0.4, -0.2) is 39.4 Å². The fourth-order valence-corrected chi connectivity index (χ4v) is 4.35. The molecule has 0 radical (unpaired) electrons. The van der Waals surface area contributed by atoms with Crippen molar-refractivity contribution < 1.29 is 14.3 Å². The van der Waals surface area contributed by atoms with Gasteiger partial charge in [-0.15, -0.1) is 16.4 Å². The summed E-state index contributed by atoms with van der Waals surface area (Å²) >= 11 is 2.49. The van der Waals surface area contributed by atoms with Crippen molar-refractivity contribution in [2.45, 2.75) is 19.0 Å². The molecular formula is C18H19N5O3S2. The van der Waals surface area contributed by atoms with E-state index in [1.165, 1.54) is 11.3 Å². The molecule has 4 N–H and O–H groups in total. The molecule has 1 aromatic carbocycles. The van der Waals surface area contributed by atoms with Crippen LogP contribution < -0.4 is 11.1 Å². The maximum absolute atomic E-state index is 12.5. The van der Waals surface area contributed by atoms with E-state index in [2.05, 4.69) is 20.5 Å². The number of ether oxygens (including phenoxy) is 1. The van der Waals surface area contributed by atoms with Crippen LogP contribution in [0.4, 0.5) is 10.9 Å². The number of nitrogens with one attached hydrogen (secondary N) is 2. The lowest BCUT2D eigenvalue weighted by molar-refractivity contribution is -0.113. The Bertz CT molecular complexity index is 985. The number of benzene rings is 1. The maximum Gasteiger partial charge on any atom is 0.341 e. The number of aromatic amines is 1. The van der Waals surface area contributed by atoms with Crippen molar-refractivity contribution in [2.75, 3.05) is 23.4 Å². The van der Waals surface area contributed by atoms with Gasteiger partial charge >= 0.3 is 5.97 Å². The maximum atomic E-state index is 12.5. The van der Waals surface area contributed by atoms with Gasteiger partial charge in [0, 0.05) is 4.88 Å². The first-order valence-electron chi connectivity index (χ1n) is 8.46. The number of carbonyl (C=O) groups is 2. The van der Waals surface area contributed by atoms with Crippen LogP contribution in [0.3, 0.4) is 0 Å². The molecular weight excluding hydrogens is 398 g/mol. The molecule has 0 saturated carbocycles. The third kappa shape index (κ3) is 4.52. The fraction of sp³-hybridized carbons (Fsp3) is 0.222. The normalized spacial score (nSPS) is 10.6. The highest BCUT2D eigenvalue weighted by Crippen LogP contribution is 2.40. The van der Waals surface area contributed by atoms with Gasteiger partial charge in [0.1, 0.15) is 5.00 Å². The second-order valence-electron chi connectivity index (χ2n) is 5.69. The SMILES string of the molecule is CCOC(=O)c1c(NC(=O)CSc2n[nH]c(N)n2)sc(-c2ccccc2)c1C. The van der Waals surface area contributed by atoms with E-state index < -0.39 is 5.97 Å². The van der Waals surface area contributed by atoms with Crippen molar-refractivity contribution in [3.63, 3.8) is 0 Å². The predicted octanol–water partition coefficient (Wildman–Crippen LogP) is 3.33. The van der Waals surface area contributed by atoms with Gasteiger partial charge < -0.3 is 15.8 Å². The minimum atomic E-state index is -0.455. The van der Waals surface area contributed by atoms with Gasteiger partial charge in [-0.05, 0) is 25.0 Å². The molecule has 0 fully saturated rings. The largest absolute Gasteiger partial charge is 0.462 e. The Morgan fingerprint density at radius 2 is 2.07 bits per heavy atom. The summed E-state index contributed by atoms with van der Waals surface area (Å²) in [5.41, 5.74) is 7.60. The van der Waals surface area contributed by atoms with Gasteiger partial charge in [-0.25, -0.2) is 9.89 Å². The van der Waals surface area contributed by atoms with Crippen LogP contribution in [0.15, 0.2) is 35.5 Å². The van der Waals surface area contributed by atoms with Gasteiger partial charge in [-0.1, -0.05) is 42.1 Å². The van der Waals surface area contributed by atoms with Crippen LogP contribution in [0.1, 0.15) is 22.8 Å². The van der Waals surface area contributed by atoms with Gasteiger partial charge in [0.2, 0.25) is 17.0 Å². The summed E-state index contributed by atoms with van der Waals surface area (Å²) in [5.74, 6) is -0.464. The molecule has 1 amide bonds. The second-order valence-corrected chi connectivity index (χ2v) is 7.65. The molecule has 2 heterocycles. The number of nitrogens with two attached hydrogens (primary N) is 1. The highest BCUT2D eigenvalue weighted by atomic mass is 32.2. The molecule has 0 aliphatic heterocycles. The van der Waals surface area contributed by atoms with E-state index in [0.717, 1.165) is 27.8 Å². The van der Waals surface area contributed by atoms with Gasteiger partial charge in [0.25, 0.3) is 0 Å². The molecule has 0 unspecified atom stereocenters. The number of hydrogen-bond donors (Lipinski definition) is 3. The first kappa shape index (κ1) is 19.9. The van der Waals surface area contributed by atoms with Crippen LogP contribution >= 0.6 is 23.1 Å². The molecule has 0 atom stereocenters. The zero-order valence-corrected chi connectivity index (χ0v) is 16.9. The number of anilines is 2. The number of rotatable bonds is 7. The summed E-state index contributed by atoms with van der Waals surface area (Å²) in [6.45, 7) is 3.85. The zero-order valence-electron chi connectivity index (χ0n) is 15.3. The van der Waals surface area contributed by atoms with Crippen molar-refractivity contribution in [3.05, 3.63) is 41.5 Å². The van der Waals surface area contributed by atoms with Gasteiger partial charge in [0.05, 0.1) is 17.9 Å². The first-order valence-corrected chi connectivity index (χ1v) is 10.3. The Kier molecular flexibility index (Phi) is 6.32. The number of carbonyl (C=O) groups excluding carboxylic acids is 2. The Balaban J connectivity index is 1.83. The topological polar surface area (TPSA) is 123 Å². The van der Waals surface area contributed by atoms with Crippen molar-refractivity contribution in [3.8, 4) is 10.4 Å². The van der Waals surface area contributed by atoms with E-state index in [1.54, 1.807) is 6.92 Å². The minimum absolute atomic E-state index is 0.0805. The number of nitrogen functional groups attached to an aromatic ring is 1. The molecule has 0 spiro atoms. The standard InChI is InChI=1S/C18H19N5O3S2/c1-3-26-16(25)13-10(2)14(11-7-5-4-6-8-11)28-15(13)20-12(24)9-27-18-21-17(19)22-23-18/h4-8H,3,9H2,1-2H3,(H,20,24)(H3,19,21,22,23). The Morgan fingerprint density at radius 3 is 2.71 bits per heavy atom. The molecule has 0 aliphatic rings. The lowest BCUT2D eigenvalue weighted by Crippen LogP contribution is -2.16. The van der Waals surface area contributed by atoms with Crippen molar-refractivity contribution in [1.82, 2.24) is 15.2 Å². The summed E-state index contributed by atoms with van der Waals surface area (Å²) in [6.07, 6.45) is 0. The summed E-state index contributed by atoms with van der Waals surface area (Å²) in [7, 11) is 0. The zero-order chi connectivity index (χ0) is 20.1. The Labute approximate surface area is 169 Å². The smallest absolute Gasteiger partial charge is 0.341 e. The molecule has 3 rings (SSSR count). The lowest BCUT2D eigenvalue weighted by atomic mass is 10.1. The average molecular weight is 418 g/mol. The molecule has 2 aromatic heterocycles. The summed E-state index contributed by atoms with van der Waals surface area (Å²) in [4.78, 5) is 29.7. The molecule has 0 bridgehead atoms. The van der Waals surface area contributed by atoms with Crippen molar-refractivity contribution in [2.24, 2.45) is 0 Å². The van der Waals surface area contributed by atoms with E-state index in [1.807, 2.05) is 37.3 Å². The van der Waals surface area contributed by atoms with Gasteiger partial charge in [-0.2, -0.15) is 4.98 Å². The summed E-state index contributed by atoms with van der Waals surface area (Å²) in [6, 6.07) is 9.70. The van der Waals surface area contributed by atoms with Crippen molar-refractivity contribution >= 4 is 45.9 Å². The Morgan fingerprint density at radius 1 is 1.32 bits per heavy atom. The van der Waals surface area contributed by atoms with E-state index >= 15 is 0 Å². The Hall–Kier alpha value is -2.85. The summed E-state index contributed by atoms with van der Waals surface area (Å²) < 4.78 is 5.19. The molecule has 3 aromatic rings. The number of aromatic nitrogens is 3. The lowest BCUT2D eigenvalue weighted by Gasteiger charge is -2.06. The number of thiophene rings is 1. The predicted molar refractivity (Wildman–Crippen MR) is 111 cm³/mol. The van der Waals surface area contributed by atoms with Crippen LogP contribution in [0.2, 0.25) is 0 Å². The molecule has 10 heteroatoms. The average Bonchev–Trinajstić information content (AvgIpc) is 3.24. The number of amides is 1. The fourth-order valence-electron chi connectivity index (χ4n) is 2.53. The number of H-pyrrole nitrogens is 1. The molecule has 8 nitrogen and oxygen atoms in total. The summed E-state index contributed by atoms with van der Waals surface area (Å²) in [5, 5.41) is 10.1. The van der Waals surface area contributed by atoms with E-state index in [-0.39, 0.29) is 24.2 Å². The minimum Gasteiger partial charge on any atom is -0.462 e. The van der Waals surface area contributed by atoms with E-state index in [0.29, 0.717) is 15.7 Å². The van der Waals surface area contributed by atoms with E-state index in [9.17, 15) is 9.59 Å². The molecule has 0 saturated heterocycles. The van der Waals surface area contributed by atoms with Crippen LogP contribution in [0, 0.1) is 6.92 Å². The second kappa shape index (κ2) is 8.89. The number of thioether (sulfide) groups is 1. The van der Waals surface area contributed by atoms with E-state index in [4.69, 9.17) is 10.5 Å². The molecule has 146 valence electrons. The quantitative estimate of drug-likeness (QED) is 0.398. The highest BCUT2D eigenvalue weighted by molar-refractivity contribution is 7.99. The first-order chi connectivity index (χ1) is 13.5. The van der Waals surface area contributed by atoms with Gasteiger partial charge in [-0.3, -0.25) is 4.79 Å². The van der Waals surface area contributed by atoms with Crippen LogP contribution in [0.25, 0.3) is 10.4 Å². The number of hydrogen-bond acceptors (Lipinski definition) is 8. The van der Waals surface area contributed by atoms with Crippen LogP contribution in [-0.2, 0) is 9.53 Å². The monoisotopic (exact) mass is 417 g/mol. The van der Waals surface area contributed by atoms with Gasteiger partial charge in [0.15, 0.2) is 0 Å². The number of nitrogens with zero attached hydrogens (tertiary/aromatic N) is 2. The molecule has 28 heavy (non-hydrogen) atoms. The molecule has 0 aliphatic carbocycles. The highest BCUT2D eigenvalue weighted by Gasteiger charge is 2.24. The number of esters is 1. The third-order valence-corrected chi connectivity index (χ3v) is 5.83.